The van der Waals surface area contributed by atoms with Gasteiger partial charge in [-0.15, -0.1) is 0 Å². The van der Waals surface area contributed by atoms with Crippen molar-refractivity contribution in [2.75, 3.05) is 51.3 Å². The number of halogens is 1. The Balaban J connectivity index is 2.42. The number of carbonyl (C=O) groups excluding carboxylic acids is 2. The van der Waals surface area contributed by atoms with Crippen molar-refractivity contribution in [3.8, 4) is 0 Å². The number of ether oxygens (including phenoxy) is 1. The van der Waals surface area contributed by atoms with Crippen LogP contribution < -0.4 is 4.90 Å². The number of methoxy groups -OCH3 is 1. The van der Waals surface area contributed by atoms with Gasteiger partial charge in [0.05, 0.1) is 0 Å². The molecule has 0 saturated carbocycles. The molecule has 0 unspecified atom stereocenters. The summed E-state index contributed by atoms with van der Waals surface area (Å²) in [6.45, 7) is 12.6. The molecule has 0 fully saturated rings. The van der Waals surface area contributed by atoms with Crippen LogP contribution >= 0.6 is 0 Å². The average molecular weight is 450 g/mol. The number of nitrogens with zero attached hydrogens (tertiary/aromatic N) is 3. The molecule has 0 aromatic heterocycles. The first-order valence-electron chi connectivity index (χ1n) is 11.8. The minimum Gasteiger partial charge on any atom is -0.375 e. The summed E-state index contributed by atoms with van der Waals surface area (Å²) in [6, 6.07) is 4.49. The summed E-state index contributed by atoms with van der Waals surface area (Å²) in [5, 5.41) is 0. The Hall–Kier alpha value is -1.99. The lowest BCUT2D eigenvalue weighted by Gasteiger charge is -2.32. The van der Waals surface area contributed by atoms with E-state index < -0.39 is 0 Å². The standard InChI is InChI=1S/C25H40FN3O3/c1-19(2)14-24(30)28-12-6-10-27(16-20(3)4)11-7-13-29(25(31)18-32-5)23-9-8-22(26)15-21(23)17-28/h8-9,15,19-20H,6-7,10-14,16-18H2,1-5H3. The van der Waals surface area contributed by atoms with Crippen LogP contribution in [0.25, 0.3) is 0 Å². The largest absolute Gasteiger partial charge is 0.375 e. The molecular weight excluding hydrogens is 409 g/mol. The Morgan fingerprint density at radius 2 is 1.69 bits per heavy atom. The first-order valence-corrected chi connectivity index (χ1v) is 11.8. The summed E-state index contributed by atoms with van der Waals surface area (Å²) in [5.41, 5.74) is 1.32. The van der Waals surface area contributed by atoms with Crippen LogP contribution in [0.15, 0.2) is 18.2 Å². The molecule has 6 nitrogen and oxygen atoms in total. The summed E-state index contributed by atoms with van der Waals surface area (Å²) >= 11 is 0. The van der Waals surface area contributed by atoms with Crippen LogP contribution in [0, 0.1) is 17.7 Å². The predicted octanol–water partition coefficient (Wildman–Crippen LogP) is 3.93. The van der Waals surface area contributed by atoms with Crippen LogP contribution in [0.3, 0.4) is 0 Å². The molecule has 32 heavy (non-hydrogen) atoms. The Morgan fingerprint density at radius 3 is 2.31 bits per heavy atom. The van der Waals surface area contributed by atoms with Crippen molar-refractivity contribution < 1.29 is 18.7 Å². The highest BCUT2D eigenvalue weighted by Gasteiger charge is 2.24. The van der Waals surface area contributed by atoms with Gasteiger partial charge in [-0.25, -0.2) is 4.39 Å². The Kier molecular flexibility index (Phi) is 10.6. The van der Waals surface area contributed by atoms with Gasteiger partial charge < -0.3 is 19.4 Å². The predicted molar refractivity (Wildman–Crippen MR) is 126 cm³/mol. The summed E-state index contributed by atoms with van der Waals surface area (Å²) in [7, 11) is 1.50. The summed E-state index contributed by atoms with van der Waals surface area (Å²) in [4.78, 5) is 31.8. The molecule has 1 aliphatic heterocycles. The maximum Gasteiger partial charge on any atom is 0.252 e. The molecule has 0 aliphatic carbocycles. The van der Waals surface area contributed by atoms with E-state index in [4.69, 9.17) is 4.74 Å². The van der Waals surface area contributed by atoms with Gasteiger partial charge in [0.1, 0.15) is 12.4 Å². The topological polar surface area (TPSA) is 53.1 Å². The fourth-order valence-corrected chi connectivity index (χ4v) is 4.25. The maximum atomic E-state index is 14.2. The lowest BCUT2D eigenvalue weighted by molar-refractivity contribution is -0.132. The highest BCUT2D eigenvalue weighted by molar-refractivity contribution is 5.95. The van der Waals surface area contributed by atoms with E-state index in [1.807, 2.05) is 18.7 Å². The van der Waals surface area contributed by atoms with E-state index in [2.05, 4.69) is 18.7 Å². The molecule has 0 N–H and O–H groups in total. The second kappa shape index (κ2) is 12.9. The third-order valence-corrected chi connectivity index (χ3v) is 5.58. The summed E-state index contributed by atoms with van der Waals surface area (Å²) in [5.74, 6) is 0.323. The number of benzene rings is 1. The van der Waals surface area contributed by atoms with E-state index >= 15 is 0 Å². The van der Waals surface area contributed by atoms with E-state index in [9.17, 15) is 14.0 Å². The Bertz CT molecular complexity index is 754. The van der Waals surface area contributed by atoms with Crippen molar-refractivity contribution in [1.82, 2.24) is 9.80 Å². The number of hydrogen-bond donors (Lipinski definition) is 0. The molecule has 2 rings (SSSR count). The van der Waals surface area contributed by atoms with Crippen LogP contribution in [0.2, 0.25) is 0 Å². The van der Waals surface area contributed by atoms with E-state index in [1.165, 1.54) is 19.2 Å². The first-order chi connectivity index (χ1) is 15.2. The van der Waals surface area contributed by atoms with Crippen molar-refractivity contribution in [2.45, 2.75) is 53.5 Å². The van der Waals surface area contributed by atoms with Gasteiger partial charge in [-0.3, -0.25) is 9.59 Å². The molecule has 1 aliphatic rings. The second-order valence-corrected chi connectivity index (χ2v) is 9.57. The van der Waals surface area contributed by atoms with Gasteiger partial charge in [-0.1, -0.05) is 27.7 Å². The SMILES string of the molecule is COCC(=O)N1CCCN(CC(C)C)CCCN(C(=O)CC(C)C)Cc2cc(F)ccc21. The third kappa shape index (κ3) is 8.17. The zero-order valence-electron chi connectivity index (χ0n) is 20.4. The van der Waals surface area contributed by atoms with Crippen molar-refractivity contribution in [2.24, 2.45) is 11.8 Å². The molecule has 0 saturated heterocycles. The summed E-state index contributed by atoms with van der Waals surface area (Å²) in [6.07, 6.45) is 2.13. The van der Waals surface area contributed by atoms with Crippen LogP contribution in [0.5, 0.6) is 0 Å². The van der Waals surface area contributed by atoms with Gasteiger partial charge in [0.2, 0.25) is 5.91 Å². The number of carbonyl (C=O) groups is 2. The van der Waals surface area contributed by atoms with Gasteiger partial charge in [0.25, 0.3) is 5.91 Å². The normalized spacial score (nSPS) is 16.6. The van der Waals surface area contributed by atoms with Gasteiger partial charge >= 0.3 is 0 Å². The molecule has 1 aromatic carbocycles. The number of amides is 2. The molecule has 180 valence electrons. The zero-order valence-corrected chi connectivity index (χ0v) is 20.4. The Labute approximate surface area is 192 Å². The van der Waals surface area contributed by atoms with Crippen LogP contribution in [0.4, 0.5) is 10.1 Å². The van der Waals surface area contributed by atoms with Gasteiger partial charge in [0, 0.05) is 45.4 Å². The Morgan fingerprint density at radius 1 is 1.00 bits per heavy atom. The number of rotatable bonds is 6. The monoisotopic (exact) mass is 449 g/mol. The lowest BCUT2D eigenvalue weighted by atomic mass is 10.1. The molecule has 1 heterocycles. The van der Waals surface area contributed by atoms with Crippen molar-refractivity contribution in [1.29, 1.82) is 0 Å². The van der Waals surface area contributed by atoms with E-state index in [0.717, 1.165) is 32.5 Å². The number of fused-ring (bicyclic) bond motifs is 1. The fraction of sp³-hybridized carbons (Fsp3) is 0.680. The van der Waals surface area contributed by atoms with Crippen LogP contribution in [-0.2, 0) is 20.9 Å². The first kappa shape index (κ1) is 26.3. The minimum atomic E-state index is -0.366. The van der Waals surface area contributed by atoms with E-state index in [1.54, 1.807) is 11.0 Å². The van der Waals surface area contributed by atoms with Crippen molar-refractivity contribution in [3.05, 3.63) is 29.6 Å². The van der Waals surface area contributed by atoms with Crippen LogP contribution in [0.1, 0.15) is 52.5 Å². The molecular formula is C25H40FN3O3. The highest BCUT2D eigenvalue weighted by atomic mass is 19.1. The quantitative estimate of drug-likeness (QED) is 0.660. The number of anilines is 1. The third-order valence-electron chi connectivity index (χ3n) is 5.58. The van der Waals surface area contributed by atoms with Crippen molar-refractivity contribution >= 4 is 17.5 Å². The highest BCUT2D eigenvalue weighted by Crippen LogP contribution is 2.25. The van der Waals surface area contributed by atoms with E-state index in [-0.39, 0.29) is 30.2 Å². The summed E-state index contributed by atoms with van der Waals surface area (Å²) < 4.78 is 19.3. The average Bonchev–Trinajstić information content (AvgIpc) is 2.69. The zero-order chi connectivity index (χ0) is 23.7. The second-order valence-electron chi connectivity index (χ2n) is 9.57. The molecule has 0 atom stereocenters. The van der Waals surface area contributed by atoms with Crippen molar-refractivity contribution in [3.63, 3.8) is 0 Å². The van der Waals surface area contributed by atoms with E-state index in [0.29, 0.717) is 43.2 Å². The van der Waals surface area contributed by atoms with Gasteiger partial charge in [-0.05, 0) is 61.5 Å². The smallest absolute Gasteiger partial charge is 0.252 e. The lowest BCUT2D eigenvalue weighted by Crippen LogP contribution is -2.40. The van der Waals surface area contributed by atoms with Crippen LogP contribution in [-0.4, -0.2) is 68.1 Å². The molecule has 0 spiro atoms. The van der Waals surface area contributed by atoms with Gasteiger partial charge in [-0.2, -0.15) is 0 Å². The van der Waals surface area contributed by atoms with Gasteiger partial charge in [0.15, 0.2) is 0 Å². The molecule has 7 heteroatoms. The molecule has 1 aromatic rings. The molecule has 0 bridgehead atoms. The maximum absolute atomic E-state index is 14.2. The number of hydrogen-bond acceptors (Lipinski definition) is 4. The minimum absolute atomic E-state index is 0.0392. The molecule has 2 amide bonds. The fourth-order valence-electron chi connectivity index (χ4n) is 4.25. The molecule has 0 radical (unpaired) electrons.